The van der Waals surface area contributed by atoms with E-state index in [0.29, 0.717) is 0 Å². The second-order valence-corrected chi connectivity index (χ2v) is 37.9. The van der Waals surface area contributed by atoms with Crippen LogP contribution in [0.2, 0.25) is 0 Å². The van der Waals surface area contributed by atoms with E-state index in [1.807, 2.05) is 0 Å². The quantitative estimate of drug-likeness (QED) is 0.213. The maximum absolute atomic E-state index is 2.41. The average molecular weight is 2030 g/mol. The first-order valence-electron chi connectivity index (χ1n) is 46.3. The maximum atomic E-state index is 2.41. The number of rotatable bonds is 8. The molecule has 10 saturated carbocycles. The Morgan fingerprint density at radius 3 is 0.548 bits per heavy atom. The zero-order valence-corrected chi connectivity index (χ0v) is 100. The fourth-order valence-electron chi connectivity index (χ4n) is 23.3. The number of fused-ring (bicyclic) bond motifs is 6. The van der Waals surface area contributed by atoms with Crippen LogP contribution in [-0.4, -0.2) is 0 Å². The predicted octanol–water partition coefficient (Wildman–Crippen LogP) is 39.4. The van der Waals surface area contributed by atoms with E-state index < -0.39 is 0 Å². The van der Waals surface area contributed by atoms with E-state index >= 15 is 0 Å². The Balaban J connectivity index is -0.0000000803. The summed E-state index contributed by atoms with van der Waals surface area (Å²) >= 11 is 0. The zero-order chi connectivity index (χ0) is 75.7. The van der Waals surface area contributed by atoms with Crippen LogP contribution in [0.25, 0.3) is 0 Å². The van der Waals surface area contributed by atoms with E-state index in [1.165, 1.54) is 180 Å². The van der Waals surface area contributed by atoms with Crippen molar-refractivity contribution in [1.29, 1.82) is 0 Å². The minimum absolute atomic E-state index is 0. The van der Waals surface area contributed by atoms with Crippen molar-refractivity contribution in [3.8, 4) is 0 Å². The summed E-state index contributed by atoms with van der Waals surface area (Å²) < 4.78 is 0. The van der Waals surface area contributed by atoms with Gasteiger partial charge in [-0.3, -0.25) is 0 Å². The van der Waals surface area contributed by atoms with Crippen LogP contribution in [0.3, 0.4) is 0 Å². The van der Waals surface area contributed by atoms with Crippen LogP contribution >= 0.6 is 0 Å². The molecule has 0 N–H and O–H groups in total. The number of hydrogen-bond acceptors (Lipinski definition) is 0. The van der Waals surface area contributed by atoms with Gasteiger partial charge in [0.2, 0.25) is 0 Å². The second kappa shape index (κ2) is 87.5. The van der Waals surface area contributed by atoms with Gasteiger partial charge in [0.25, 0.3) is 0 Å². The van der Waals surface area contributed by atoms with E-state index in [-0.39, 0.29) is 224 Å². The molecule has 0 aromatic carbocycles. The van der Waals surface area contributed by atoms with Crippen LogP contribution < -0.4 is 0 Å². The zero-order valence-electron chi connectivity index (χ0n) is 90.6. The molecule has 16 rings (SSSR count). The van der Waals surface area contributed by atoms with Crippen molar-refractivity contribution in [3.05, 3.63) is 265 Å². The molecule has 19 unspecified atom stereocenters. The first-order chi connectivity index (χ1) is 50.2. The Hall–Kier alpha value is 0.412. The molecule has 0 saturated heterocycles. The van der Waals surface area contributed by atoms with Crippen LogP contribution in [0.4, 0.5) is 0 Å². The normalized spacial score (nSPS) is 34.3. The third-order valence-electron chi connectivity index (χ3n) is 31.8. The van der Waals surface area contributed by atoms with Crippen LogP contribution in [0, 0.1) is 302 Å². The topological polar surface area (TPSA) is 0 Å². The molecule has 0 bridgehead atoms. The van der Waals surface area contributed by atoms with Crippen molar-refractivity contribution < 1.29 is 105 Å². The van der Waals surface area contributed by atoms with Gasteiger partial charge >= 0.3 is 105 Å². The minimum Gasteiger partial charge on any atom is -0.358 e. The fourth-order valence-corrected chi connectivity index (χ4v) is 23.3. The molecular weight excluding hydrogens is 1810 g/mol. The van der Waals surface area contributed by atoms with Crippen LogP contribution in [0.1, 0.15) is 325 Å². The summed E-state index contributed by atoms with van der Waals surface area (Å²) in [6.07, 6.45) is 95.5. The predicted molar refractivity (Wildman–Crippen MR) is 569 cm³/mol. The van der Waals surface area contributed by atoms with E-state index in [9.17, 15) is 0 Å². The molecule has 718 valence electrons. The van der Waals surface area contributed by atoms with Gasteiger partial charge in [-0.15, -0.1) is 0 Å². The van der Waals surface area contributed by atoms with Crippen molar-refractivity contribution in [3.63, 3.8) is 0 Å². The summed E-state index contributed by atoms with van der Waals surface area (Å²) in [5, 5.41) is 0. The molecule has 16 aliphatic carbocycles. The molecule has 4 heteroatoms. The SMILES string of the molecule is CC1C(C)C(C)C(C)C1C.CC1C(C)C(C)C(C)C1C.CC1CC(C)C2C=CC=CC12.CC1CCC2C=CC=CC12.CCC.CCC1CCC2C=CC=CC21.CCC1CCC2C=CC=CC21.CCC1CCC2C=CC=CC21.CCC1CCC2C=CC=CC21.CCCC1CCCC1.CCCC1CCCC1.[CH3-].[CH3-].[CH3-].[CH3-].[CH3-].[CH3-].[CH3-].[CH3-].[CH3-].[CH3-].[CH3-].[CH3-].[CH3-].[CH3-].[CH3-].[CH3-].[Zr+4].[Zr+4].[Zr+4].[Zr+4]. The Kier molecular flexibility index (Phi) is 112. The molecular formula is C120H222Zr4. The third-order valence-corrected chi connectivity index (χ3v) is 31.8. The van der Waals surface area contributed by atoms with Crippen molar-refractivity contribution in [2.75, 3.05) is 0 Å². The van der Waals surface area contributed by atoms with Crippen LogP contribution in [0.15, 0.2) is 146 Å². The standard InChI is InChI=1S/5C11H16.C10H14.2C10H20.2C8H16.C3H8.16CH3.4Zr/c1-8-7-9(2)11-6-4-3-5-10(8)11;4*1-2-9-7-8-10-5-3-4-6-11(9)10;1-8-6-7-9-4-2-3-5-10(8)9;2*1-6-7(2)9(4)10(5)8(6)3;2*1-2-5-8-6-3-4-7-8;1-3-2;;;;;;;;;;;;;;;;;;;;/h3-6,8-11H,7H2,1-2H3;4*3-6,9-11H,2,7-8H2,1H3;2-5,8-10H,6-7H2,1H3;2*6-10H,1-5H3;2*8H,2-7H2,1H3;3H2,1-2H3;16*1H3;;;;/q;;;;;;;;;;;16*-1;4*+4. The molecule has 10 fully saturated rings. The molecule has 0 amide bonds. The summed E-state index contributed by atoms with van der Waals surface area (Å²) in [6.45, 7) is 49.2. The second-order valence-electron chi connectivity index (χ2n) is 37.9. The first-order valence-corrected chi connectivity index (χ1v) is 46.3. The molecule has 0 nitrogen and oxygen atoms in total. The van der Waals surface area contributed by atoms with Crippen molar-refractivity contribution in [2.24, 2.45) is 183 Å². The fraction of sp³-hybridized carbons (Fsp3) is 0.667. The van der Waals surface area contributed by atoms with Gasteiger partial charge in [-0.25, -0.2) is 0 Å². The van der Waals surface area contributed by atoms with Crippen LogP contribution in [0.5, 0.6) is 0 Å². The summed E-state index contributed by atoms with van der Waals surface area (Å²) in [5.41, 5.74) is 0. The molecule has 0 radical (unpaired) electrons. The summed E-state index contributed by atoms with van der Waals surface area (Å²) in [6, 6.07) is 0. The summed E-state index contributed by atoms with van der Waals surface area (Å²) in [5.74, 6) is 28.7. The summed E-state index contributed by atoms with van der Waals surface area (Å²) in [7, 11) is 0. The Morgan fingerprint density at radius 2 is 0.363 bits per heavy atom. The van der Waals surface area contributed by atoms with Crippen molar-refractivity contribution >= 4 is 0 Å². The Bertz CT molecular complexity index is 2330. The number of hydrogen-bond donors (Lipinski definition) is 0. The van der Waals surface area contributed by atoms with Gasteiger partial charge < -0.3 is 119 Å². The summed E-state index contributed by atoms with van der Waals surface area (Å²) in [4.78, 5) is 0. The molecule has 124 heavy (non-hydrogen) atoms. The Labute approximate surface area is 869 Å². The van der Waals surface area contributed by atoms with Crippen molar-refractivity contribution in [1.82, 2.24) is 0 Å². The molecule has 16 aliphatic rings. The van der Waals surface area contributed by atoms with Gasteiger partial charge in [-0.1, -0.05) is 400 Å². The van der Waals surface area contributed by atoms with Crippen LogP contribution in [-0.2, 0) is 105 Å². The maximum Gasteiger partial charge on any atom is 4.00 e. The minimum atomic E-state index is 0. The van der Waals surface area contributed by atoms with E-state index in [2.05, 4.69) is 291 Å². The molecule has 19 atom stereocenters. The van der Waals surface area contributed by atoms with Gasteiger partial charge in [0.05, 0.1) is 0 Å². The monoisotopic (exact) mass is 2020 g/mol. The smallest absolute Gasteiger partial charge is 0.358 e. The average Bonchev–Trinajstić information content (AvgIpc) is 1.67. The Morgan fingerprint density at radius 1 is 0.194 bits per heavy atom. The van der Waals surface area contributed by atoms with Gasteiger partial charge in [0, 0.05) is 0 Å². The van der Waals surface area contributed by atoms with E-state index in [1.54, 1.807) is 0 Å². The molecule has 0 spiro atoms. The van der Waals surface area contributed by atoms with Gasteiger partial charge in [0.15, 0.2) is 0 Å². The van der Waals surface area contributed by atoms with E-state index in [4.69, 9.17) is 0 Å². The van der Waals surface area contributed by atoms with Gasteiger partial charge in [0.1, 0.15) is 0 Å². The van der Waals surface area contributed by atoms with E-state index in [0.717, 1.165) is 183 Å². The largest absolute Gasteiger partial charge is 4.00 e. The molecule has 0 aliphatic heterocycles. The third kappa shape index (κ3) is 49.3. The number of allylic oxidation sites excluding steroid dienone is 24. The van der Waals surface area contributed by atoms with Crippen molar-refractivity contribution in [2.45, 2.75) is 325 Å². The van der Waals surface area contributed by atoms with Gasteiger partial charge in [-0.05, 0) is 254 Å². The van der Waals surface area contributed by atoms with Gasteiger partial charge in [-0.2, -0.15) is 0 Å². The molecule has 0 aromatic rings. The molecule has 0 aromatic heterocycles. The molecule has 0 heterocycles. The first kappa shape index (κ1) is 158.